The third kappa shape index (κ3) is 18.9. The summed E-state index contributed by atoms with van der Waals surface area (Å²) >= 11 is 3.50. The first-order valence-electron chi connectivity index (χ1n) is 42.3. The number of fused-ring (bicyclic) bond motifs is 4. The number of imide groups is 4. The van der Waals surface area contributed by atoms with Crippen molar-refractivity contribution >= 4 is 116 Å². The maximum atomic E-state index is 15.9. The molecule has 16 rings (SSSR count). The number of carbonyl (C=O) groups excluding carboxylic acids is 8. The molecule has 654 valence electrons. The van der Waals surface area contributed by atoms with Gasteiger partial charge >= 0.3 is 0 Å². The Morgan fingerprint density at radius 2 is 0.656 bits per heavy atom. The van der Waals surface area contributed by atoms with Crippen LogP contribution in [-0.2, 0) is 62.5 Å². The van der Waals surface area contributed by atoms with Crippen molar-refractivity contribution in [1.82, 2.24) is 31.2 Å². The van der Waals surface area contributed by atoms with Crippen LogP contribution in [-0.4, -0.2) is 83.0 Å². The van der Waals surface area contributed by atoms with Crippen LogP contribution in [0.3, 0.4) is 0 Å². The molecule has 23 heteroatoms. The Balaban J connectivity index is 0.000000143. The SMILES string of the molecule is COc1ccc(/C=C2\SC(=O)NC2=O)c(F)c1-c1cc2c(cc1C)C(C)(C)CCC2(C)C.COc1ccc(/C=C2\SC(=O)NC2=O)cc1-c1cc2c(cc1C)C(C)(C)CCC2(C)C.COc1ccc(/C=C2\SC(=O)NC2=O)nc1-c1cc2c(cc1C)C(C)(C)CCC2(C)C.COc1ncc(/C=C2\SC(=O)NC2=O)cc1-c1cc2c(cc1C)C(C)(C)CCC2(C)C. The maximum Gasteiger partial charge on any atom is 0.290 e. The van der Waals surface area contributed by atoms with E-state index in [4.69, 9.17) is 23.9 Å². The van der Waals surface area contributed by atoms with Gasteiger partial charge in [-0.05, 0) is 355 Å². The Labute approximate surface area is 751 Å². The molecular formula is C102H113FN6O12S4. The Bertz CT molecular complexity index is 5590. The molecule has 4 aliphatic carbocycles. The second kappa shape index (κ2) is 34.8. The van der Waals surface area contributed by atoms with E-state index >= 15 is 4.39 Å². The van der Waals surface area contributed by atoms with Gasteiger partial charge in [0.05, 0.1) is 59.3 Å². The van der Waals surface area contributed by atoms with Crippen LogP contribution < -0.4 is 40.2 Å². The van der Waals surface area contributed by atoms with Gasteiger partial charge in [0, 0.05) is 28.5 Å². The van der Waals surface area contributed by atoms with Crippen LogP contribution in [0.1, 0.15) is 251 Å². The molecule has 2 aromatic heterocycles. The topological polar surface area (TPSA) is 247 Å². The Kier molecular flexibility index (Phi) is 25.7. The molecule has 8 aliphatic rings. The minimum absolute atomic E-state index is 0.0183. The number of rotatable bonds is 12. The van der Waals surface area contributed by atoms with Gasteiger partial charge in [-0.25, -0.2) is 14.4 Å². The van der Waals surface area contributed by atoms with Gasteiger partial charge in [0.1, 0.15) is 28.8 Å². The second-order valence-corrected chi connectivity index (χ2v) is 43.0. The van der Waals surface area contributed by atoms with E-state index in [-0.39, 0.29) is 87.2 Å². The molecule has 6 heterocycles. The second-order valence-electron chi connectivity index (χ2n) is 38.9. The molecule has 4 N–H and O–H groups in total. The number of amides is 8. The summed E-state index contributed by atoms with van der Waals surface area (Å²) in [7, 11) is 6.45. The number of aromatic nitrogens is 2. The third-order valence-electron chi connectivity index (χ3n) is 26.4. The molecule has 18 nitrogen and oxygen atoms in total. The van der Waals surface area contributed by atoms with E-state index in [9.17, 15) is 38.4 Å². The van der Waals surface area contributed by atoms with Crippen molar-refractivity contribution in [3.05, 3.63) is 218 Å². The van der Waals surface area contributed by atoms with Crippen molar-refractivity contribution < 1.29 is 61.7 Å². The Morgan fingerprint density at radius 3 is 1.04 bits per heavy atom. The van der Waals surface area contributed by atoms with Gasteiger partial charge in [-0.15, -0.1) is 0 Å². The molecule has 4 saturated heterocycles. The minimum atomic E-state index is -0.509. The van der Waals surface area contributed by atoms with Crippen molar-refractivity contribution in [2.45, 2.75) is 233 Å². The van der Waals surface area contributed by atoms with E-state index in [0.717, 1.165) is 165 Å². The number of halogens is 1. The van der Waals surface area contributed by atoms with Crippen LogP contribution in [0, 0.1) is 33.5 Å². The zero-order valence-electron chi connectivity index (χ0n) is 76.1. The highest BCUT2D eigenvalue weighted by atomic mass is 32.2. The monoisotopic (exact) mass is 1760 g/mol. The summed E-state index contributed by atoms with van der Waals surface area (Å²) < 4.78 is 38.3. The van der Waals surface area contributed by atoms with Gasteiger partial charge in [-0.1, -0.05) is 141 Å². The van der Waals surface area contributed by atoms with Crippen LogP contribution in [0.25, 0.3) is 68.9 Å². The maximum absolute atomic E-state index is 15.9. The number of nitrogens with one attached hydrogen (secondary N) is 4. The fraction of sp³-hybridized carbons (Fsp3) is 0.392. The Hall–Kier alpha value is -10.3. The summed E-state index contributed by atoms with van der Waals surface area (Å²) in [6.07, 6.45) is 17.3. The predicted octanol–water partition coefficient (Wildman–Crippen LogP) is 24.3. The quantitative estimate of drug-likeness (QED) is 0.0830. The number of ether oxygens (including phenoxy) is 4. The number of benzene rings is 6. The zero-order chi connectivity index (χ0) is 91.1. The van der Waals surface area contributed by atoms with Crippen LogP contribution in [0.4, 0.5) is 23.6 Å². The smallest absolute Gasteiger partial charge is 0.290 e. The number of methoxy groups -OCH3 is 4. The number of nitrogens with zero attached hydrogens (tertiary/aromatic N) is 2. The highest BCUT2D eigenvalue weighted by Gasteiger charge is 2.43. The first-order chi connectivity index (χ1) is 58.5. The molecule has 0 radical (unpaired) electrons. The van der Waals surface area contributed by atoms with Crippen LogP contribution in [0.5, 0.6) is 23.1 Å². The lowest BCUT2D eigenvalue weighted by atomic mass is 9.62. The summed E-state index contributed by atoms with van der Waals surface area (Å²) in [4.78, 5) is 104. The lowest BCUT2D eigenvalue weighted by molar-refractivity contribution is -0.116. The highest BCUT2D eigenvalue weighted by Crippen LogP contribution is 2.55. The van der Waals surface area contributed by atoms with Gasteiger partial charge < -0.3 is 18.9 Å². The largest absolute Gasteiger partial charge is 0.496 e. The van der Waals surface area contributed by atoms with Crippen molar-refractivity contribution in [1.29, 1.82) is 0 Å². The molecular weight excluding hydrogens is 1650 g/mol. The average molecular weight is 1760 g/mol. The lowest BCUT2D eigenvalue weighted by Gasteiger charge is -2.42. The van der Waals surface area contributed by atoms with Crippen molar-refractivity contribution in [3.8, 4) is 67.8 Å². The predicted molar refractivity (Wildman–Crippen MR) is 506 cm³/mol. The fourth-order valence-electron chi connectivity index (χ4n) is 18.2. The first-order valence-corrected chi connectivity index (χ1v) is 45.5. The molecule has 8 aromatic rings. The molecule has 8 amide bonds. The summed E-state index contributed by atoms with van der Waals surface area (Å²) in [5, 5.41) is 7.58. The average Bonchev–Trinajstić information content (AvgIpc) is 1.73. The minimum Gasteiger partial charge on any atom is -0.496 e. The molecule has 125 heavy (non-hydrogen) atoms. The first kappa shape index (κ1) is 92.3. The summed E-state index contributed by atoms with van der Waals surface area (Å²) in [5.74, 6) is 0.352. The van der Waals surface area contributed by atoms with E-state index in [2.05, 4.69) is 206 Å². The number of hydrogen-bond donors (Lipinski definition) is 4. The molecule has 4 fully saturated rings. The summed E-state index contributed by atoms with van der Waals surface area (Å²) in [6.45, 7) is 45.2. The third-order valence-corrected chi connectivity index (χ3v) is 29.6. The van der Waals surface area contributed by atoms with Crippen molar-refractivity contribution in [3.63, 3.8) is 0 Å². The van der Waals surface area contributed by atoms with E-state index in [1.807, 2.05) is 37.3 Å². The van der Waals surface area contributed by atoms with Crippen molar-refractivity contribution in [2.24, 2.45) is 0 Å². The molecule has 0 atom stereocenters. The molecule has 0 spiro atoms. The molecule has 4 aliphatic heterocycles. The number of carbonyl (C=O) groups is 8. The number of thioether (sulfide) groups is 4. The Morgan fingerprint density at radius 1 is 0.336 bits per heavy atom. The van der Waals surface area contributed by atoms with E-state index in [0.29, 0.717) is 43.4 Å². The fourth-order valence-corrected chi connectivity index (χ4v) is 20.9. The lowest BCUT2D eigenvalue weighted by Crippen LogP contribution is -2.34. The van der Waals surface area contributed by atoms with E-state index in [1.165, 1.54) is 69.7 Å². The van der Waals surface area contributed by atoms with Gasteiger partial charge in [0.25, 0.3) is 44.6 Å². The normalized spacial score (nSPS) is 20.5. The molecule has 0 bridgehead atoms. The van der Waals surface area contributed by atoms with Gasteiger partial charge in [0.2, 0.25) is 5.88 Å². The summed E-state index contributed by atoms with van der Waals surface area (Å²) in [5.41, 5.74) is 25.6. The number of hydrogen-bond acceptors (Lipinski definition) is 18. The summed E-state index contributed by atoms with van der Waals surface area (Å²) in [6, 6.07) is 33.0. The van der Waals surface area contributed by atoms with Gasteiger partial charge in [0.15, 0.2) is 0 Å². The van der Waals surface area contributed by atoms with Gasteiger partial charge in [-0.2, -0.15) is 0 Å². The standard InChI is InChI=1S/C26H28FNO3S.C26H29NO3S.2C25H28N2O3S/c1-14-11-17-18(26(4,5)10-9-25(17,2)3)13-16(14)21-19(31-6)8-7-15(22(21)27)12-20-23(29)28-24(30)32-20;1-15-11-19-20(26(4,5)10-9-25(19,2)3)14-17(15)18-12-16(7-8-21(18)30-6)13-22-23(28)27-24(29)31-22;1-14-9-18-19(25(4,5)8-7-24(18,2)3)12-16(14)17-10-15(13-26-22(17)30-6)11-20-21(28)27-23(29)31-20;1-14-11-17-18(25(4,5)10-9-24(17,2)3)13-16(14)21-19(30-6)8-7-15(26-21)12-20-22(28)27-23(29)31-20/h7-8,11-13H,9-10H2,1-6H3,(H,28,29,30);7-8,11-14H,9-10H2,1-6H3,(H,27,28,29);9-13H,7-8H2,1-6H3,(H,27,28,29);7-8,11-13H,9-10H2,1-6H3,(H,27,28,29)/b20-12-;22-13-;20-11-;20-12-. The van der Waals surface area contributed by atoms with Crippen molar-refractivity contribution in [2.75, 3.05) is 28.4 Å². The van der Waals surface area contributed by atoms with Crippen LogP contribution in [0.15, 0.2) is 123 Å². The van der Waals surface area contributed by atoms with Crippen LogP contribution in [0.2, 0.25) is 0 Å². The van der Waals surface area contributed by atoms with Gasteiger partial charge in [-0.3, -0.25) is 59.6 Å². The van der Waals surface area contributed by atoms with E-state index in [1.54, 1.807) is 64.0 Å². The van der Waals surface area contributed by atoms with Crippen LogP contribution >= 0.6 is 47.0 Å². The zero-order valence-corrected chi connectivity index (χ0v) is 79.4. The van der Waals surface area contributed by atoms with E-state index < -0.39 is 17.0 Å². The molecule has 0 unspecified atom stereocenters. The highest BCUT2D eigenvalue weighted by molar-refractivity contribution is 8.19. The molecule has 6 aromatic carbocycles. The number of aryl methyl sites for hydroxylation is 4. The number of pyridine rings is 2. The molecule has 0 saturated carbocycles.